The largest absolute Gasteiger partial charge is 0.493 e. The van der Waals surface area contributed by atoms with Crippen LogP contribution in [0, 0.1) is 33.1 Å². The summed E-state index contributed by atoms with van der Waals surface area (Å²) in [6.45, 7) is 15.4. The molecule has 17 heteroatoms. The van der Waals surface area contributed by atoms with E-state index in [4.69, 9.17) is 9.73 Å². The van der Waals surface area contributed by atoms with Crippen LogP contribution in [0.2, 0.25) is 0 Å². The summed E-state index contributed by atoms with van der Waals surface area (Å²) < 4.78 is 8.01. The highest BCUT2D eigenvalue weighted by atomic mass is 32.1. The van der Waals surface area contributed by atoms with E-state index >= 15 is 0 Å². The van der Waals surface area contributed by atoms with Crippen molar-refractivity contribution in [3.8, 4) is 32.3 Å². The predicted molar refractivity (Wildman–Crippen MR) is 262 cm³/mol. The van der Waals surface area contributed by atoms with Gasteiger partial charge in [-0.2, -0.15) is 0 Å². The van der Waals surface area contributed by atoms with Gasteiger partial charge in [0.1, 0.15) is 34.7 Å². The van der Waals surface area contributed by atoms with E-state index in [9.17, 15) is 29.4 Å². The Morgan fingerprint density at radius 3 is 2.29 bits per heavy atom. The van der Waals surface area contributed by atoms with E-state index in [2.05, 4.69) is 39.7 Å². The Bertz CT molecular complexity index is 2900. The predicted octanol–water partition coefficient (Wildman–Crippen LogP) is 7.86. The molecule has 0 spiro atoms. The quantitative estimate of drug-likeness (QED) is 0.0833. The molecule has 0 saturated carbocycles. The van der Waals surface area contributed by atoms with Crippen molar-refractivity contribution >= 4 is 52.1 Å². The van der Waals surface area contributed by atoms with Crippen LogP contribution >= 0.6 is 22.7 Å². The van der Waals surface area contributed by atoms with Crippen molar-refractivity contribution in [2.45, 2.75) is 105 Å². The molecule has 6 aromatic rings. The van der Waals surface area contributed by atoms with E-state index < -0.39 is 47.4 Å². The molecule has 2 aliphatic heterocycles. The molecule has 1 fully saturated rings. The summed E-state index contributed by atoms with van der Waals surface area (Å²) in [5.74, 6) is -0.463. The average molecular weight is 957 g/mol. The van der Waals surface area contributed by atoms with Crippen molar-refractivity contribution in [2.24, 2.45) is 10.4 Å². The molecule has 3 aromatic carbocycles. The number of aliphatic hydroxyl groups is 1. The molecule has 15 nitrogen and oxygen atoms in total. The minimum absolute atomic E-state index is 0.0277. The van der Waals surface area contributed by atoms with Crippen LogP contribution in [0.5, 0.6) is 5.75 Å². The van der Waals surface area contributed by atoms with Gasteiger partial charge in [-0.1, -0.05) is 81.4 Å². The van der Waals surface area contributed by atoms with Gasteiger partial charge in [-0.25, -0.2) is 4.98 Å². The highest BCUT2D eigenvalue weighted by molar-refractivity contribution is 7.15. The van der Waals surface area contributed by atoms with Gasteiger partial charge < -0.3 is 30.5 Å². The zero-order valence-corrected chi connectivity index (χ0v) is 41.0. The molecule has 0 aliphatic carbocycles. The summed E-state index contributed by atoms with van der Waals surface area (Å²) in [5.41, 5.74) is 9.32. The smallest absolute Gasteiger partial charge is 0.306 e. The topological polar surface area (TPSA) is 201 Å². The fourth-order valence-electron chi connectivity index (χ4n) is 8.79. The van der Waals surface area contributed by atoms with E-state index in [0.29, 0.717) is 23.1 Å². The molecule has 2 unspecified atom stereocenters. The van der Waals surface area contributed by atoms with E-state index in [-0.39, 0.29) is 44.4 Å². The maximum Gasteiger partial charge on any atom is 0.306 e. The Morgan fingerprint density at radius 2 is 1.62 bits per heavy atom. The first-order valence-electron chi connectivity index (χ1n) is 22.6. The lowest BCUT2D eigenvalue weighted by Gasteiger charge is -2.35. The number of aliphatic hydroxyl groups excluding tert-OH is 1. The lowest BCUT2D eigenvalue weighted by molar-refractivity contribution is -0.144. The number of benzene rings is 3. The number of carboxylic acids is 1. The number of nitrogens with zero attached hydrogens (tertiary/aromatic N) is 6. The third-order valence-electron chi connectivity index (χ3n) is 12.6. The number of carbonyl (C=O) groups is 4. The number of ether oxygens (including phenoxy) is 1. The van der Waals surface area contributed by atoms with Crippen molar-refractivity contribution in [1.29, 1.82) is 0 Å². The number of carbonyl (C=O) groups excluding carboxylic acids is 3. The molecule has 3 aromatic heterocycles. The second kappa shape index (κ2) is 19.6. The van der Waals surface area contributed by atoms with Crippen LogP contribution in [0.3, 0.4) is 0 Å². The van der Waals surface area contributed by atoms with Crippen LogP contribution in [0.4, 0.5) is 0 Å². The second-order valence-corrected chi connectivity index (χ2v) is 20.6. The number of carboxylic acid groups (broad SMARTS) is 1. The minimum Gasteiger partial charge on any atom is -0.493 e. The lowest BCUT2D eigenvalue weighted by atomic mass is 9.85. The van der Waals surface area contributed by atoms with E-state index in [1.54, 1.807) is 22.7 Å². The zero-order valence-electron chi connectivity index (χ0n) is 39.4. The molecule has 0 bridgehead atoms. The van der Waals surface area contributed by atoms with Crippen molar-refractivity contribution in [3.05, 3.63) is 123 Å². The van der Waals surface area contributed by atoms with Gasteiger partial charge in [-0.3, -0.25) is 28.7 Å². The van der Waals surface area contributed by atoms with Gasteiger partial charge in [0, 0.05) is 29.0 Å². The molecular formula is C51H56N8O7S2. The number of amides is 3. The number of aromatic nitrogens is 4. The summed E-state index contributed by atoms with van der Waals surface area (Å²) in [7, 11) is 0. The molecule has 1 saturated heterocycles. The fraction of sp³-hybridized carbons (Fsp3) is 0.373. The van der Waals surface area contributed by atoms with Crippen LogP contribution < -0.4 is 15.4 Å². The second-order valence-electron chi connectivity index (χ2n) is 18.6. The maximum atomic E-state index is 14.2. The molecule has 5 atom stereocenters. The van der Waals surface area contributed by atoms with Crippen molar-refractivity contribution < 1.29 is 34.1 Å². The maximum absolute atomic E-state index is 14.2. The van der Waals surface area contributed by atoms with Crippen LogP contribution in [0.1, 0.15) is 104 Å². The molecule has 68 heavy (non-hydrogen) atoms. The Hall–Kier alpha value is -6.56. The summed E-state index contributed by atoms with van der Waals surface area (Å²) in [6, 6.07) is 20.4. The first-order chi connectivity index (χ1) is 32.4. The molecule has 2 aliphatic rings. The third-order valence-corrected chi connectivity index (χ3v) is 14.8. The molecule has 4 N–H and O–H groups in total. The molecule has 0 radical (unpaired) electrons. The molecule has 354 valence electrons. The summed E-state index contributed by atoms with van der Waals surface area (Å²) in [5, 5.41) is 36.0. The Kier molecular flexibility index (Phi) is 13.8. The fourth-order valence-corrected chi connectivity index (χ4v) is 10.8. The number of thiazole rings is 1. The zero-order chi connectivity index (χ0) is 48.6. The van der Waals surface area contributed by atoms with E-state index in [1.165, 1.54) is 4.90 Å². The number of likely N-dealkylation sites (tertiary alicyclic amines) is 1. The molecule has 5 heterocycles. The number of fused-ring (bicyclic) bond motifs is 3. The summed E-state index contributed by atoms with van der Waals surface area (Å²) in [4.78, 5) is 66.4. The number of aliphatic imine (C=N–C) groups is 1. The van der Waals surface area contributed by atoms with E-state index in [0.717, 1.165) is 59.4 Å². The van der Waals surface area contributed by atoms with Gasteiger partial charge in [0.2, 0.25) is 17.7 Å². The Balaban J connectivity index is 0.898. The molecular weight excluding hydrogens is 901 g/mol. The first-order valence-corrected chi connectivity index (χ1v) is 24.3. The molecule has 3 amide bonds. The van der Waals surface area contributed by atoms with Gasteiger partial charge in [0.05, 0.1) is 53.4 Å². The average Bonchev–Trinajstić information content (AvgIpc) is 4.07. The number of aryl methyl sites for hydroxylation is 3. The van der Waals surface area contributed by atoms with Crippen LogP contribution in [0.15, 0.2) is 83.3 Å². The standard InChI is InChI=1S/C51H56N8O7S2/c1-27-30(4)68-50-43(27)44(54-39(24-42(62)63)47-57-56-31(5)59(47)50)34-16-14-33(15-17-34)36-10-9-11-38(22-36)66-21-20-41(61)55-46(51(6,7)8)49(65)58-25-37(60)23-40(58)48(64)53-28(2)32-12-18-35(19-13-32)45-29(3)52-26-67-45/h9-19,22,26,28,37,39-40,46,60H,20-21,23-25H2,1-8H3,(H,53,64)(H,55,61)(H,62,63)/t28?,37-,39+,40+,46?/m1/s1. The Morgan fingerprint density at radius 1 is 0.912 bits per heavy atom. The van der Waals surface area contributed by atoms with Crippen molar-refractivity contribution in [1.82, 2.24) is 35.3 Å². The normalized spacial score (nSPS) is 17.6. The highest BCUT2D eigenvalue weighted by Gasteiger charge is 2.45. The summed E-state index contributed by atoms with van der Waals surface area (Å²) in [6.07, 6.45) is -1.07. The van der Waals surface area contributed by atoms with Crippen LogP contribution in [-0.4, -0.2) is 95.6 Å². The number of aliphatic carboxylic acids is 1. The van der Waals surface area contributed by atoms with Gasteiger partial charge in [0.25, 0.3) is 0 Å². The third kappa shape index (κ3) is 10.0. The first kappa shape index (κ1) is 47.9. The highest BCUT2D eigenvalue weighted by Crippen LogP contribution is 2.40. The van der Waals surface area contributed by atoms with Crippen molar-refractivity contribution in [2.75, 3.05) is 13.2 Å². The summed E-state index contributed by atoms with van der Waals surface area (Å²) >= 11 is 3.18. The van der Waals surface area contributed by atoms with E-state index in [1.807, 2.05) is 124 Å². The number of thiophene rings is 1. The number of nitrogens with one attached hydrogen (secondary N) is 2. The van der Waals surface area contributed by atoms with Gasteiger partial charge in [-0.15, -0.1) is 32.9 Å². The number of rotatable bonds is 14. The monoisotopic (exact) mass is 956 g/mol. The van der Waals surface area contributed by atoms with Crippen LogP contribution in [0.25, 0.3) is 26.6 Å². The van der Waals surface area contributed by atoms with Gasteiger partial charge >= 0.3 is 5.97 Å². The van der Waals surface area contributed by atoms with Gasteiger partial charge in [0.15, 0.2) is 5.82 Å². The minimum atomic E-state index is -0.979. The number of β-amino-alcohol motifs (C(OH)–C–C–N with tert-alkyl or cyclic N) is 1. The van der Waals surface area contributed by atoms with Gasteiger partial charge in [-0.05, 0) is 80.0 Å². The number of hydrogen-bond donors (Lipinski definition) is 4. The van der Waals surface area contributed by atoms with Crippen molar-refractivity contribution in [3.63, 3.8) is 0 Å². The molecule has 8 rings (SSSR count). The number of hydrogen-bond acceptors (Lipinski definition) is 12. The van der Waals surface area contributed by atoms with Crippen LogP contribution in [-0.2, 0) is 19.2 Å². The lowest BCUT2D eigenvalue weighted by Crippen LogP contribution is -2.58. The SMILES string of the molecule is Cc1ncsc1-c1ccc(C(C)NC(=O)[C@@H]2C[C@@H](O)CN2C(=O)C(NC(=O)CCOc2cccc(-c3ccc(C4=N[C@@H](CC(=O)O)c5nnc(C)n5-c5sc(C)c(C)c54)cc3)c2)C(C)(C)C)cc1. The Labute approximate surface area is 403 Å².